The van der Waals surface area contributed by atoms with E-state index in [1.165, 1.54) is 11.1 Å². The Morgan fingerprint density at radius 3 is 2.74 bits per heavy atom. The first-order chi connectivity index (χ1) is 16.9. The van der Waals surface area contributed by atoms with E-state index in [0.717, 1.165) is 71.0 Å². The van der Waals surface area contributed by atoms with Crippen LogP contribution >= 0.6 is 0 Å². The minimum absolute atomic E-state index is 0.185. The number of hydrogen-bond acceptors (Lipinski definition) is 5. The molecule has 0 atom stereocenters. The lowest BCUT2D eigenvalue weighted by atomic mass is 9.76. The Bertz CT molecular complexity index is 1350. The largest absolute Gasteiger partial charge is 0.491 e. The second kappa shape index (κ2) is 8.43. The third-order valence-electron chi connectivity index (χ3n) is 7.45. The summed E-state index contributed by atoms with van der Waals surface area (Å²) < 4.78 is 19.8. The van der Waals surface area contributed by atoms with Gasteiger partial charge in [-0.3, -0.25) is 4.99 Å². The van der Waals surface area contributed by atoms with Crippen LogP contribution in [-0.4, -0.2) is 28.8 Å². The number of hydrogen-bond donors (Lipinski definition) is 0. The lowest BCUT2D eigenvalue weighted by Crippen LogP contribution is -2.32. The minimum atomic E-state index is -0.644. The van der Waals surface area contributed by atoms with E-state index in [-0.39, 0.29) is 11.2 Å². The Morgan fingerprint density at radius 1 is 1.06 bits per heavy atom. The molecule has 3 aromatic rings. The standard InChI is InChI=1S/C29H31FN4O/c1-18-12-21-5-4-20(14-25(21)31-18)19-6-7-26-22(13-19)17-34(10-11-35-26)28-23-15-29(2,3)9-8-24(23)32-27(16-30)33-28/h4-7,13-14H,8-12,15-17H2,1-3H3. The normalized spacial score (nSPS) is 18.2. The van der Waals surface area contributed by atoms with Gasteiger partial charge in [0.1, 0.15) is 24.8 Å². The number of fused-ring (bicyclic) bond motifs is 3. The molecule has 0 radical (unpaired) electrons. The SMILES string of the molecule is CC1=Nc2cc(-c3ccc4c(c3)CN(c3nc(CF)nc5c3CC(C)(C)CC5)CCO4)ccc2C1. The molecular formula is C29H31FN4O. The highest BCUT2D eigenvalue weighted by atomic mass is 19.1. The van der Waals surface area contributed by atoms with Crippen LogP contribution in [0.5, 0.6) is 5.75 Å². The molecule has 35 heavy (non-hydrogen) atoms. The fourth-order valence-corrected chi connectivity index (χ4v) is 5.57. The van der Waals surface area contributed by atoms with Gasteiger partial charge in [-0.05, 0) is 66.5 Å². The van der Waals surface area contributed by atoms with E-state index in [0.29, 0.717) is 19.7 Å². The number of rotatable bonds is 3. The number of nitrogens with zero attached hydrogens (tertiary/aromatic N) is 4. The highest BCUT2D eigenvalue weighted by Gasteiger charge is 2.31. The first-order valence-electron chi connectivity index (χ1n) is 12.5. The molecule has 0 fully saturated rings. The fraction of sp³-hybridized carbons (Fsp3) is 0.414. The third-order valence-corrected chi connectivity index (χ3v) is 7.45. The van der Waals surface area contributed by atoms with Gasteiger partial charge in [-0.15, -0.1) is 0 Å². The summed E-state index contributed by atoms with van der Waals surface area (Å²) in [6.07, 6.45) is 3.77. The van der Waals surface area contributed by atoms with Crippen molar-refractivity contribution in [1.29, 1.82) is 0 Å². The predicted octanol–water partition coefficient (Wildman–Crippen LogP) is 6.18. The van der Waals surface area contributed by atoms with Gasteiger partial charge in [-0.2, -0.15) is 0 Å². The van der Waals surface area contributed by atoms with Gasteiger partial charge in [0.05, 0.1) is 12.2 Å². The van der Waals surface area contributed by atoms with Crippen LogP contribution in [-0.2, 0) is 32.5 Å². The van der Waals surface area contributed by atoms with Gasteiger partial charge in [-0.25, -0.2) is 14.4 Å². The summed E-state index contributed by atoms with van der Waals surface area (Å²) in [6.45, 7) is 7.94. The lowest BCUT2D eigenvalue weighted by Gasteiger charge is -2.34. The maximum atomic E-state index is 13.7. The number of halogens is 1. The van der Waals surface area contributed by atoms with Gasteiger partial charge in [-0.1, -0.05) is 32.0 Å². The summed E-state index contributed by atoms with van der Waals surface area (Å²) in [6, 6.07) is 13.0. The van der Waals surface area contributed by atoms with Crippen molar-refractivity contribution in [2.75, 3.05) is 18.1 Å². The van der Waals surface area contributed by atoms with Crippen LogP contribution in [0.3, 0.4) is 0 Å². The van der Waals surface area contributed by atoms with Gasteiger partial charge in [0.25, 0.3) is 0 Å². The molecule has 3 aliphatic rings. The zero-order valence-electron chi connectivity index (χ0n) is 20.7. The first kappa shape index (κ1) is 22.2. The van der Waals surface area contributed by atoms with Gasteiger partial charge in [0, 0.05) is 35.5 Å². The van der Waals surface area contributed by atoms with Gasteiger partial charge >= 0.3 is 0 Å². The molecule has 0 saturated carbocycles. The molecule has 6 rings (SSSR count). The summed E-state index contributed by atoms with van der Waals surface area (Å²) >= 11 is 0. The van der Waals surface area contributed by atoms with E-state index < -0.39 is 6.67 Å². The average molecular weight is 471 g/mol. The molecule has 2 aliphatic heterocycles. The Kier molecular flexibility index (Phi) is 5.35. The Balaban J connectivity index is 1.37. The molecule has 0 spiro atoms. The van der Waals surface area contributed by atoms with Crippen molar-refractivity contribution in [3.8, 4) is 16.9 Å². The van der Waals surface area contributed by atoms with Gasteiger partial charge in [0.2, 0.25) is 0 Å². The maximum Gasteiger partial charge on any atom is 0.162 e. The van der Waals surface area contributed by atoms with Crippen LogP contribution in [0.1, 0.15) is 55.4 Å². The molecule has 1 aromatic heterocycles. The first-order valence-corrected chi connectivity index (χ1v) is 12.5. The molecule has 1 aliphatic carbocycles. The molecule has 0 unspecified atom stereocenters. The van der Waals surface area contributed by atoms with Crippen LogP contribution in [0, 0.1) is 5.41 Å². The minimum Gasteiger partial charge on any atom is -0.491 e. The summed E-state index contributed by atoms with van der Waals surface area (Å²) in [5, 5.41) is 0. The van der Waals surface area contributed by atoms with Crippen molar-refractivity contribution in [2.45, 2.75) is 59.7 Å². The fourth-order valence-electron chi connectivity index (χ4n) is 5.57. The molecule has 180 valence electrons. The molecule has 3 heterocycles. The molecular weight excluding hydrogens is 439 g/mol. The second-order valence-electron chi connectivity index (χ2n) is 10.8. The highest BCUT2D eigenvalue weighted by Crippen LogP contribution is 2.40. The van der Waals surface area contributed by atoms with E-state index in [4.69, 9.17) is 14.7 Å². The maximum absolute atomic E-state index is 13.7. The Morgan fingerprint density at radius 2 is 1.89 bits per heavy atom. The van der Waals surface area contributed by atoms with E-state index in [9.17, 15) is 4.39 Å². The summed E-state index contributed by atoms with van der Waals surface area (Å²) in [5.41, 5.74) is 9.30. The van der Waals surface area contributed by atoms with Crippen LogP contribution in [0.2, 0.25) is 0 Å². The van der Waals surface area contributed by atoms with E-state index in [1.807, 2.05) is 0 Å². The molecule has 0 bridgehead atoms. The van der Waals surface area contributed by atoms with Crippen molar-refractivity contribution < 1.29 is 9.13 Å². The van der Waals surface area contributed by atoms with Crippen molar-refractivity contribution in [1.82, 2.24) is 9.97 Å². The van der Waals surface area contributed by atoms with Crippen molar-refractivity contribution in [3.05, 3.63) is 64.6 Å². The predicted molar refractivity (Wildman–Crippen MR) is 138 cm³/mol. The number of aryl methyl sites for hydroxylation is 1. The van der Waals surface area contributed by atoms with E-state index in [2.05, 4.69) is 67.1 Å². The van der Waals surface area contributed by atoms with Crippen LogP contribution in [0.4, 0.5) is 15.9 Å². The molecule has 0 saturated heterocycles. The molecule has 5 nitrogen and oxygen atoms in total. The van der Waals surface area contributed by atoms with Gasteiger partial charge in [0.15, 0.2) is 5.82 Å². The number of ether oxygens (including phenoxy) is 1. The highest BCUT2D eigenvalue weighted by molar-refractivity contribution is 5.93. The summed E-state index contributed by atoms with van der Waals surface area (Å²) in [7, 11) is 0. The number of alkyl halides is 1. The molecule has 6 heteroatoms. The van der Waals surface area contributed by atoms with Crippen LogP contribution in [0.25, 0.3) is 11.1 Å². The Hall–Kier alpha value is -3.28. The monoisotopic (exact) mass is 470 g/mol. The van der Waals surface area contributed by atoms with E-state index >= 15 is 0 Å². The van der Waals surface area contributed by atoms with Crippen molar-refractivity contribution in [3.63, 3.8) is 0 Å². The topological polar surface area (TPSA) is 50.6 Å². The zero-order chi connectivity index (χ0) is 24.2. The number of aromatic nitrogens is 2. The van der Waals surface area contributed by atoms with E-state index in [1.54, 1.807) is 0 Å². The van der Waals surface area contributed by atoms with Crippen molar-refractivity contribution in [2.24, 2.45) is 10.4 Å². The number of anilines is 1. The molecule has 0 N–H and O–H groups in total. The van der Waals surface area contributed by atoms with Crippen LogP contribution in [0.15, 0.2) is 41.4 Å². The molecule has 0 amide bonds. The number of benzene rings is 2. The Labute approximate surface area is 206 Å². The molecule has 2 aromatic carbocycles. The summed E-state index contributed by atoms with van der Waals surface area (Å²) in [5.74, 6) is 2.06. The van der Waals surface area contributed by atoms with Crippen LogP contribution < -0.4 is 9.64 Å². The second-order valence-corrected chi connectivity index (χ2v) is 10.8. The summed E-state index contributed by atoms with van der Waals surface area (Å²) in [4.78, 5) is 16.2. The lowest BCUT2D eigenvalue weighted by molar-refractivity contribution is 0.309. The average Bonchev–Trinajstić information content (AvgIpc) is 3.08. The smallest absolute Gasteiger partial charge is 0.162 e. The number of aliphatic imine (C=N–C) groups is 1. The third kappa shape index (κ3) is 4.19. The van der Waals surface area contributed by atoms with Crippen molar-refractivity contribution >= 4 is 17.2 Å². The zero-order valence-corrected chi connectivity index (χ0v) is 20.7. The quantitative estimate of drug-likeness (QED) is 0.459. The van der Waals surface area contributed by atoms with Gasteiger partial charge < -0.3 is 9.64 Å².